The number of methoxy groups -OCH3 is 1. The zero-order chi connectivity index (χ0) is 18.4. The third-order valence-electron chi connectivity index (χ3n) is 3.93. The van der Waals surface area contributed by atoms with Crippen molar-refractivity contribution >= 4 is 5.91 Å². The maximum absolute atomic E-state index is 13.5. The third-order valence-corrected chi connectivity index (χ3v) is 3.93. The molecule has 0 aliphatic heterocycles. The minimum absolute atomic E-state index is 0.202. The standard InChI is InChI=1S/C19H22F2N2O2/c1-12(17-10-16(21)8-9-18(17)25-3)23-13(2)19(24)22-11-14-4-6-15(20)7-5-14/h4-10,12-13,23H,11H2,1-3H3,(H,22,24)/t12-,13+/m1/s1. The molecular weight excluding hydrogens is 326 g/mol. The minimum atomic E-state index is -0.497. The molecule has 0 unspecified atom stereocenters. The van der Waals surface area contributed by atoms with Gasteiger partial charge < -0.3 is 10.1 Å². The topological polar surface area (TPSA) is 50.4 Å². The first-order valence-corrected chi connectivity index (χ1v) is 8.02. The van der Waals surface area contributed by atoms with Gasteiger partial charge in [-0.1, -0.05) is 12.1 Å². The van der Waals surface area contributed by atoms with E-state index in [-0.39, 0.29) is 23.6 Å². The zero-order valence-electron chi connectivity index (χ0n) is 14.5. The van der Waals surface area contributed by atoms with E-state index in [1.165, 1.54) is 31.4 Å². The van der Waals surface area contributed by atoms with E-state index >= 15 is 0 Å². The predicted octanol–water partition coefficient (Wildman–Crippen LogP) is 3.33. The van der Waals surface area contributed by atoms with Gasteiger partial charge in [-0.25, -0.2) is 8.78 Å². The van der Waals surface area contributed by atoms with Crippen molar-refractivity contribution < 1.29 is 18.3 Å². The number of carbonyl (C=O) groups excluding carboxylic acids is 1. The molecule has 4 nitrogen and oxygen atoms in total. The predicted molar refractivity (Wildman–Crippen MR) is 92.2 cm³/mol. The van der Waals surface area contributed by atoms with Gasteiger partial charge in [-0.15, -0.1) is 0 Å². The summed E-state index contributed by atoms with van der Waals surface area (Å²) in [6.07, 6.45) is 0. The van der Waals surface area contributed by atoms with E-state index in [9.17, 15) is 13.6 Å². The lowest BCUT2D eigenvalue weighted by molar-refractivity contribution is -0.123. The van der Waals surface area contributed by atoms with Crippen LogP contribution < -0.4 is 15.4 Å². The molecule has 0 fully saturated rings. The molecule has 0 bridgehead atoms. The monoisotopic (exact) mass is 348 g/mol. The molecule has 2 rings (SSSR count). The Morgan fingerprint density at radius 2 is 1.72 bits per heavy atom. The lowest BCUT2D eigenvalue weighted by Crippen LogP contribution is -2.42. The van der Waals surface area contributed by atoms with Crippen LogP contribution in [0.5, 0.6) is 5.75 Å². The van der Waals surface area contributed by atoms with E-state index in [0.29, 0.717) is 17.9 Å². The fourth-order valence-corrected chi connectivity index (χ4v) is 2.53. The van der Waals surface area contributed by atoms with Crippen LogP contribution in [-0.2, 0) is 11.3 Å². The summed E-state index contributed by atoms with van der Waals surface area (Å²) in [6, 6.07) is 9.43. The van der Waals surface area contributed by atoms with Gasteiger partial charge in [-0.2, -0.15) is 0 Å². The van der Waals surface area contributed by atoms with Crippen LogP contribution in [0.15, 0.2) is 42.5 Å². The lowest BCUT2D eigenvalue weighted by atomic mass is 10.1. The number of ether oxygens (including phenoxy) is 1. The molecule has 2 aromatic carbocycles. The summed E-state index contributed by atoms with van der Waals surface area (Å²) in [7, 11) is 1.52. The van der Waals surface area contributed by atoms with Gasteiger partial charge in [-0.3, -0.25) is 10.1 Å². The van der Waals surface area contributed by atoms with Crippen molar-refractivity contribution in [3.8, 4) is 5.75 Å². The van der Waals surface area contributed by atoms with Crippen LogP contribution in [0.2, 0.25) is 0 Å². The van der Waals surface area contributed by atoms with E-state index in [1.54, 1.807) is 25.1 Å². The molecule has 2 aromatic rings. The van der Waals surface area contributed by atoms with Crippen molar-refractivity contribution in [3.05, 3.63) is 65.2 Å². The molecule has 0 aliphatic rings. The average molecular weight is 348 g/mol. The van der Waals surface area contributed by atoms with Gasteiger partial charge in [0.25, 0.3) is 0 Å². The molecule has 2 N–H and O–H groups in total. The van der Waals surface area contributed by atoms with Crippen LogP contribution in [-0.4, -0.2) is 19.1 Å². The highest BCUT2D eigenvalue weighted by Gasteiger charge is 2.19. The normalized spacial score (nSPS) is 13.2. The van der Waals surface area contributed by atoms with Crippen molar-refractivity contribution in [2.45, 2.75) is 32.5 Å². The molecule has 134 valence electrons. The molecule has 0 heterocycles. The molecule has 0 saturated carbocycles. The number of halogens is 2. The fourth-order valence-electron chi connectivity index (χ4n) is 2.53. The number of hydrogen-bond acceptors (Lipinski definition) is 3. The Morgan fingerprint density at radius 1 is 1.08 bits per heavy atom. The van der Waals surface area contributed by atoms with Crippen LogP contribution in [0.4, 0.5) is 8.78 Å². The van der Waals surface area contributed by atoms with E-state index in [1.807, 2.05) is 6.92 Å². The number of benzene rings is 2. The molecule has 1 amide bonds. The van der Waals surface area contributed by atoms with Gasteiger partial charge >= 0.3 is 0 Å². The summed E-state index contributed by atoms with van der Waals surface area (Å²) in [5.74, 6) is -0.326. The Balaban J connectivity index is 1.94. The highest BCUT2D eigenvalue weighted by Crippen LogP contribution is 2.26. The quantitative estimate of drug-likeness (QED) is 0.807. The van der Waals surface area contributed by atoms with Crippen LogP contribution in [0.3, 0.4) is 0 Å². The fraction of sp³-hybridized carbons (Fsp3) is 0.316. The van der Waals surface area contributed by atoms with Gasteiger partial charge in [0.1, 0.15) is 17.4 Å². The summed E-state index contributed by atoms with van der Waals surface area (Å²) < 4.78 is 31.6. The van der Waals surface area contributed by atoms with Gasteiger partial charge in [0, 0.05) is 18.2 Å². The molecule has 0 aliphatic carbocycles. The van der Waals surface area contributed by atoms with Gasteiger partial charge in [-0.05, 0) is 49.7 Å². The summed E-state index contributed by atoms with van der Waals surface area (Å²) in [5, 5.41) is 5.91. The Labute approximate surface area is 146 Å². The van der Waals surface area contributed by atoms with E-state index in [2.05, 4.69) is 10.6 Å². The lowest BCUT2D eigenvalue weighted by Gasteiger charge is -2.21. The van der Waals surface area contributed by atoms with Crippen molar-refractivity contribution in [1.29, 1.82) is 0 Å². The second-order valence-corrected chi connectivity index (χ2v) is 5.84. The molecule has 0 spiro atoms. The molecule has 6 heteroatoms. The molecule has 2 atom stereocenters. The van der Waals surface area contributed by atoms with Crippen LogP contribution in [0.25, 0.3) is 0 Å². The Morgan fingerprint density at radius 3 is 2.36 bits per heavy atom. The number of rotatable bonds is 7. The smallest absolute Gasteiger partial charge is 0.237 e. The van der Waals surface area contributed by atoms with E-state index in [4.69, 9.17) is 4.74 Å². The maximum Gasteiger partial charge on any atom is 0.237 e. The first-order valence-electron chi connectivity index (χ1n) is 8.02. The second-order valence-electron chi connectivity index (χ2n) is 5.84. The van der Waals surface area contributed by atoms with Crippen LogP contribution in [0, 0.1) is 11.6 Å². The third kappa shape index (κ3) is 5.26. The number of hydrogen-bond donors (Lipinski definition) is 2. The number of carbonyl (C=O) groups is 1. The van der Waals surface area contributed by atoms with Crippen molar-refractivity contribution in [3.63, 3.8) is 0 Å². The van der Waals surface area contributed by atoms with Crippen molar-refractivity contribution in [2.75, 3.05) is 7.11 Å². The first-order chi connectivity index (χ1) is 11.9. The van der Waals surface area contributed by atoms with Gasteiger partial charge in [0.2, 0.25) is 5.91 Å². The summed E-state index contributed by atoms with van der Waals surface area (Å²) in [5.41, 5.74) is 1.45. The Hall–Kier alpha value is -2.47. The van der Waals surface area contributed by atoms with Gasteiger partial charge in [0.15, 0.2) is 0 Å². The number of nitrogens with one attached hydrogen (secondary N) is 2. The largest absolute Gasteiger partial charge is 0.496 e. The first kappa shape index (κ1) is 18.9. The highest BCUT2D eigenvalue weighted by molar-refractivity contribution is 5.81. The molecule has 0 saturated heterocycles. The van der Waals surface area contributed by atoms with E-state index in [0.717, 1.165) is 5.56 Å². The molecular formula is C19H22F2N2O2. The molecule has 0 aromatic heterocycles. The Kier molecular flexibility index (Phi) is 6.47. The average Bonchev–Trinajstić information content (AvgIpc) is 2.60. The number of amides is 1. The maximum atomic E-state index is 13.5. The van der Waals surface area contributed by atoms with Crippen LogP contribution >= 0.6 is 0 Å². The Bertz CT molecular complexity index is 720. The summed E-state index contributed by atoms with van der Waals surface area (Å²) in [6.45, 7) is 3.87. The van der Waals surface area contributed by atoms with Gasteiger partial charge in [0.05, 0.1) is 13.2 Å². The van der Waals surface area contributed by atoms with Crippen molar-refractivity contribution in [2.24, 2.45) is 0 Å². The zero-order valence-corrected chi connectivity index (χ0v) is 14.5. The van der Waals surface area contributed by atoms with Crippen LogP contribution in [0.1, 0.15) is 31.0 Å². The summed E-state index contributed by atoms with van der Waals surface area (Å²) >= 11 is 0. The molecule has 0 radical (unpaired) electrons. The van der Waals surface area contributed by atoms with Crippen molar-refractivity contribution in [1.82, 2.24) is 10.6 Å². The van der Waals surface area contributed by atoms with E-state index < -0.39 is 6.04 Å². The SMILES string of the molecule is COc1ccc(F)cc1[C@@H](C)N[C@@H](C)C(=O)NCc1ccc(F)cc1. The molecule has 25 heavy (non-hydrogen) atoms. The summed E-state index contributed by atoms with van der Waals surface area (Å²) in [4.78, 5) is 12.2. The second kappa shape index (κ2) is 8.58. The highest BCUT2D eigenvalue weighted by atomic mass is 19.1. The minimum Gasteiger partial charge on any atom is -0.496 e.